The maximum atomic E-state index is 12.2. The molecule has 0 saturated carbocycles. The molecule has 6 heteroatoms. The van der Waals surface area contributed by atoms with E-state index in [2.05, 4.69) is 36.5 Å². The third kappa shape index (κ3) is 10.6. The normalized spacial score (nSPS) is 21.9. The lowest BCUT2D eigenvalue weighted by molar-refractivity contribution is -0.155. The van der Waals surface area contributed by atoms with Crippen molar-refractivity contribution in [2.45, 2.75) is 104 Å². The zero-order valence-corrected chi connectivity index (χ0v) is 19.2. The van der Waals surface area contributed by atoms with Crippen LogP contribution in [0.5, 0.6) is 0 Å². The summed E-state index contributed by atoms with van der Waals surface area (Å²) < 4.78 is 5.46. The fourth-order valence-corrected chi connectivity index (χ4v) is 3.93. The summed E-state index contributed by atoms with van der Waals surface area (Å²) in [5.41, 5.74) is 0. The number of ether oxygens (including phenoxy) is 1. The summed E-state index contributed by atoms with van der Waals surface area (Å²) in [6.45, 7) is 6.95. The Morgan fingerprint density at radius 3 is 2.23 bits per heavy atom. The summed E-state index contributed by atoms with van der Waals surface area (Å²) in [4.78, 5) is 37.0. The van der Waals surface area contributed by atoms with Crippen molar-refractivity contribution >= 4 is 17.8 Å². The first-order valence-electron chi connectivity index (χ1n) is 11.4. The third-order valence-corrected chi connectivity index (χ3v) is 5.41. The van der Waals surface area contributed by atoms with Gasteiger partial charge in [-0.25, -0.2) is 0 Å². The van der Waals surface area contributed by atoms with Gasteiger partial charge in [-0.1, -0.05) is 56.9 Å². The van der Waals surface area contributed by atoms with E-state index < -0.39 is 6.10 Å². The van der Waals surface area contributed by atoms with E-state index in [4.69, 9.17) is 4.74 Å². The summed E-state index contributed by atoms with van der Waals surface area (Å²) in [5, 5.41) is 2.83. The molecule has 0 bridgehead atoms. The van der Waals surface area contributed by atoms with Gasteiger partial charge in [0.1, 0.15) is 6.10 Å². The zero-order chi connectivity index (χ0) is 22.4. The van der Waals surface area contributed by atoms with Gasteiger partial charge in [-0.05, 0) is 25.7 Å². The molecule has 2 amide bonds. The van der Waals surface area contributed by atoms with Crippen LogP contribution in [-0.2, 0) is 19.1 Å². The Morgan fingerprint density at radius 2 is 1.67 bits per heavy atom. The number of hydrogen-bond donors (Lipinski definition) is 1. The number of amides is 2. The molecule has 170 valence electrons. The van der Waals surface area contributed by atoms with E-state index in [1.165, 1.54) is 26.7 Å². The first kappa shape index (κ1) is 25.9. The van der Waals surface area contributed by atoms with Crippen molar-refractivity contribution < 1.29 is 19.1 Å². The second-order valence-corrected chi connectivity index (χ2v) is 8.15. The van der Waals surface area contributed by atoms with Gasteiger partial charge in [0.2, 0.25) is 11.8 Å². The van der Waals surface area contributed by atoms with Gasteiger partial charge in [0.15, 0.2) is 0 Å². The van der Waals surface area contributed by atoms with Gasteiger partial charge in [-0.2, -0.15) is 0 Å². The predicted octanol–water partition coefficient (Wildman–Crippen LogP) is 4.30. The molecule has 30 heavy (non-hydrogen) atoms. The van der Waals surface area contributed by atoms with Crippen LogP contribution in [-0.4, -0.2) is 47.4 Å². The minimum atomic E-state index is -0.394. The molecule has 0 spiro atoms. The van der Waals surface area contributed by atoms with Crippen LogP contribution in [0, 0.1) is 0 Å². The minimum Gasteiger partial charge on any atom is -0.460 e. The van der Waals surface area contributed by atoms with Gasteiger partial charge >= 0.3 is 5.97 Å². The lowest BCUT2D eigenvalue weighted by Crippen LogP contribution is -2.60. The molecule has 1 aliphatic rings. The number of esters is 1. The summed E-state index contributed by atoms with van der Waals surface area (Å²) >= 11 is 0. The molecule has 0 radical (unpaired) electrons. The monoisotopic (exact) mass is 420 g/mol. The number of nitrogens with zero attached hydrogens (tertiary/aromatic N) is 1. The third-order valence-electron chi connectivity index (χ3n) is 5.41. The fourth-order valence-electron chi connectivity index (χ4n) is 3.93. The molecule has 1 saturated heterocycles. The van der Waals surface area contributed by atoms with E-state index in [1.54, 1.807) is 6.92 Å². The number of nitrogens with one attached hydrogen (secondary N) is 1. The van der Waals surface area contributed by atoms with Gasteiger partial charge in [-0.15, -0.1) is 0 Å². The average molecular weight is 421 g/mol. The smallest absolute Gasteiger partial charge is 0.302 e. The van der Waals surface area contributed by atoms with E-state index in [-0.39, 0.29) is 29.9 Å². The Hall–Kier alpha value is -2.11. The van der Waals surface area contributed by atoms with Crippen molar-refractivity contribution in [3.05, 3.63) is 24.3 Å². The van der Waals surface area contributed by atoms with Crippen LogP contribution in [0.4, 0.5) is 0 Å². The summed E-state index contributed by atoms with van der Waals surface area (Å²) in [6.07, 6.45) is 17.6. The highest BCUT2D eigenvalue weighted by Crippen LogP contribution is 2.25. The summed E-state index contributed by atoms with van der Waals surface area (Å²) in [6, 6.07) is -0.323. The first-order valence-corrected chi connectivity index (χ1v) is 11.4. The van der Waals surface area contributed by atoms with Crippen molar-refractivity contribution in [3.8, 4) is 0 Å². The molecule has 0 aromatic rings. The topological polar surface area (TPSA) is 75.7 Å². The maximum absolute atomic E-state index is 12.2. The number of allylic oxidation sites excluding steroid dienone is 4. The highest BCUT2D eigenvalue weighted by atomic mass is 16.5. The zero-order valence-electron chi connectivity index (χ0n) is 19.2. The van der Waals surface area contributed by atoms with Gasteiger partial charge < -0.3 is 15.0 Å². The molecule has 6 nitrogen and oxygen atoms in total. The van der Waals surface area contributed by atoms with E-state index in [0.29, 0.717) is 13.0 Å². The Labute approximate surface area is 182 Å². The number of hydrogen-bond acceptors (Lipinski definition) is 4. The van der Waals surface area contributed by atoms with Crippen LogP contribution in [0.15, 0.2) is 24.3 Å². The molecular formula is C24H40N2O4. The second-order valence-electron chi connectivity index (χ2n) is 8.15. The maximum Gasteiger partial charge on any atom is 0.302 e. The van der Waals surface area contributed by atoms with Crippen LogP contribution in [0.1, 0.15) is 85.5 Å². The standard InChI is InChI=1S/C24H40N2O4/c1-5-6-7-8-9-10-11-12-13-14-15-16-22-17-24(30-21(4)29)23(25-19(2)27)18-26(22)20(3)28/h8-11,22-24H,5-7,12-18H2,1-4H3,(H,25,27)/b9-8-,11-10+/t22-,23+,24-/m1/s1. The number of rotatable bonds is 12. The molecule has 0 aromatic carbocycles. The Morgan fingerprint density at radius 1 is 1.00 bits per heavy atom. The predicted molar refractivity (Wildman–Crippen MR) is 120 cm³/mol. The second kappa shape index (κ2) is 14.8. The molecule has 0 aliphatic carbocycles. The van der Waals surface area contributed by atoms with Crippen LogP contribution in [0.2, 0.25) is 0 Å². The van der Waals surface area contributed by atoms with Gasteiger partial charge in [0, 0.05) is 39.8 Å². The molecule has 1 N–H and O–H groups in total. The number of likely N-dealkylation sites (tertiary alicyclic amines) is 1. The fraction of sp³-hybridized carbons (Fsp3) is 0.708. The minimum absolute atomic E-state index is 0.00517. The molecule has 0 aromatic heterocycles. The van der Waals surface area contributed by atoms with Crippen LogP contribution < -0.4 is 5.32 Å². The lowest BCUT2D eigenvalue weighted by Gasteiger charge is -2.43. The Bertz CT molecular complexity index is 600. The number of carbonyl (C=O) groups excluding carboxylic acids is 3. The van der Waals surface area contributed by atoms with E-state index in [9.17, 15) is 14.4 Å². The number of carbonyl (C=O) groups is 3. The summed E-state index contributed by atoms with van der Waals surface area (Å²) in [7, 11) is 0. The first-order chi connectivity index (χ1) is 14.3. The van der Waals surface area contributed by atoms with Crippen molar-refractivity contribution in [1.29, 1.82) is 0 Å². The van der Waals surface area contributed by atoms with Crippen LogP contribution in [0.25, 0.3) is 0 Å². The lowest BCUT2D eigenvalue weighted by atomic mass is 9.91. The SMILES string of the molecule is CCCC/C=C\C=C\CCCCC[C@@H]1C[C@@H](OC(C)=O)[C@@H](NC(C)=O)CN1C(C)=O. The molecule has 1 fully saturated rings. The number of unbranched alkanes of at least 4 members (excludes halogenated alkanes) is 5. The Balaban J connectivity index is 2.47. The van der Waals surface area contributed by atoms with Crippen LogP contribution in [0.3, 0.4) is 0 Å². The van der Waals surface area contributed by atoms with Gasteiger partial charge in [0.05, 0.1) is 6.04 Å². The average Bonchev–Trinajstić information content (AvgIpc) is 2.66. The molecular weight excluding hydrogens is 380 g/mol. The molecule has 1 rings (SSSR count). The van der Waals surface area contributed by atoms with Crippen molar-refractivity contribution in [2.75, 3.05) is 6.54 Å². The van der Waals surface area contributed by atoms with Crippen molar-refractivity contribution in [3.63, 3.8) is 0 Å². The quantitative estimate of drug-likeness (QED) is 0.290. The Kier molecular flexibility index (Phi) is 12.8. The van der Waals surface area contributed by atoms with Gasteiger partial charge in [0.25, 0.3) is 0 Å². The highest BCUT2D eigenvalue weighted by Gasteiger charge is 2.38. The molecule has 0 unspecified atom stereocenters. The van der Waals surface area contributed by atoms with Gasteiger partial charge in [-0.3, -0.25) is 14.4 Å². The molecule has 1 aliphatic heterocycles. The van der Waals surface area contributed by atoms with Crippen LogP contribution >= 0.6 is 0 Å². The van der Waals surface area contributed by atoms with E-state index in [0.717, 1.165) is 38.5 Å². The van der Waals surface area contributed by atoms with E-state index in [1.807, 2.05) is 4.90 Å². The summed E-state index contributed by atoms with van der Waals surface area (Å²) in [5.74, 6) is -0.553. The number of piperidine rings is 1. The van der Waals surface area contributed by atoms with E-state index >= 15 is 0 Å². The molecule has 1 heterocycles. The largest absolute Gasteiger partial charge is 0.460 e. The highest BCUT2D eigenvalue weighted by molar-refractivity contribution is 5.75. The molecule has 3 atom stereocenters. The van der Waals surface area contributed by atoms with Crippen molar-refractivity contribution in [1.82, 2.24) is 10.2 Å². The van der Waals surface area contributed by atoms with Crippen molar-refractivity contribution in [2.24, 2.45) is 0 Å².